The van der Waals surface area contributed by atoms with Crippen molar-refractivity contribution in [3.8, 4) is 11.5 Å². The minimum Gasteiger partial charge on any atom is -0.496 e. The minimum absolute atomic E-state index is 0.146. The fraction of sp³-hybridized carbons (Fsp3) is 0.182. The summed E-state index contributed by atoms with van der Waals surface area (Å²) in [5.41, 5.74) is 1.77. The van der Waals surface area contributed by atoms with Crippen LogP contribution in [0.2, 0.25) is 0 Å². The van der Waals surface area contributed by atoms with Gasteiger partial charge in [-0.1, -0.05) is 6.07 Å². The number of hydrogen-bond acceptors (Lipinski definition) is 6. The SMILES string of the molecule is COc1ccc(/C=C2/C(=O)NC(=O)N(C)C2=O)cc1COc1ccc(NC(C)=O)cc1. The molecule has 0 radical (unpaired) electrons. The van der Waals surface area contributed by atoms with Gasteiger partial charge in [-0.3, -0.25) is 24.6 Å². The highest BCUT2D eigenvalue weighted by Gasteiger charge is 2.33. The number of hydrogen-bond donors (Lipinski definition) is 2. The molecule has 9 nitrogen and oxygen atoms in total. The Balaban J connectivity index is 1.79. The molecular formula is C22H21N3O6. The molecule has 1 heterocycles. The van der Waals surface area contributed by atoms with Gasteiger partial charge in [0.25, 0.3) is 11.8 Å². The van der Waals surface area contributed by atoms with E-state index in [1.807, 2.05) is 0 Å². The van der Waals surface area contributed by atoms with Crippen LogP contribution in [0.4, 0.5) is 10.5 Å². The summed E-state index contributed by atoms with van der Waals surface area (Å²) in [6.45, 7) is 1.59. The van der Waals surface area contributed by atoms with Crippen molar-refractivity contribution >= 4 is 35.5 Å². The lowest BCUT2D eigenvalue weighted by Gasteiger charge is -2.22. The number of nitrogens with zero attached hydrogens (tertiary/aromatic N) is 1. The topological polar surface area (TPSA) is 114 Å². The summed E-state index contributed by atoms with van der Waals surface area (Å²) in [6.07, 6.45) is 1.41. The summed E-state index contributed by atoms with van der Waals surface area (Å²) in [4.78, 5) is 47.8. The smallest absolute Gasteiger partial charge is 0.331 e. The van der Waals surface area contributed by atoms with Gasteiger partial charge < -0.3 is 14.8 Å². The quantitative estimate of drug-likeness (QED) is 0.545. The van der Waals surface area contributed by atoms with Crippen LogP contribution in [-0.4, -0.2) is 42.8 Å². The Hall–Kier alpha value is -4.14. The minimum atomic E-state index is -0.763. The summed E-state index contributed by atoms with van der Waals surface area (Å²) in [5.74, 6) is -0.432. The second kappa shape index (κ2) is 9.12. The van der Waals surface area contributed by atoms with Crippen LogP contribution in [0.3, 0.4) is 0 Å². The lowest BCUT2D eigenvalue weighted by atomic mass is 10.0. The van der Waals surface area contributed by atoms with Gasteiger partial charge in [0.05, 0.1) is 7.11 Å². The third kappa shape index (κ3) is 5.08. The van der Waals surface area contributed by atoms with Crippen LogP contribution < -0.4 is 20.1 Å². The van der Waals surface area contributed by atoms with Crippen LogP contribution in [0.25, 0.3) is 6.08 Å². The van der Waals surface area contributed by atoms with E-state index in [2.05, 4.69) is 10.6 Å². The molecule has 0 bridgehead atoms. The second-order valence-electron chi connectivity index (χ2n) is 6.75. The molecule has 31 heavy (non-hydrogen) atoms. The zero-order valence-electron chi connectivity index (χ0n) is 17.2. The molecule has 0 unspecified atom stereocenters. The monoisotopic (exact) mass is 423 g/mol. The number of amides is 5. The van der Waals surface area contributed by atoms with Crippen LogP contribution in [0.5, 0.6) is 11.5 Å². The number of anilines is 1. The molecule has 5 amide bonds. The fourth-order valence-electron chi connectivity index (χ4n) is 2.91. The van der Waals surface area contributed by atoms with E-state index in [0.717, 1.165) is 4.90 Å². The van der Waals surface area contributed by atoms with Gasteiger partial charge in [0, 0.05) is 25.2 Å². The molecule has 3 rings (SSSR count). The van der Waals surface area contributed by atoms with Crippen LogP contribution in [0.15, 0.2) is 48.0 Å². The second-order valence-corrected chi connectivity index (χ2v) is 6.75. The number of carbonyl (C=O) groups is 4. The normalized spacial score (nSPS) is 15.0. The fourth-order valence-corrected chi connectivity index (χ4v) is 2.91. The van der Waals surface area contributed by atoms with E-state index in [0.29, 0.717) is 28.3 Å². The summed E-state index contributed by atoms with van der Waals surface area (Å²) in [7, 11) is 2.82. The molecule has 9 heteroatoms. The van der Waals surface area contributed by atoms with Crippen molar-refractivity contribution in [2.24, 2.45) is 0 Å². The van der Waals surface area contributed by atoms with Crippen LogP contribution in [0, 0.1) is 0 Å². The number of nitrogens with one attached hydrogen (secondary N) is 2. The molecule has 0 atom stereocenters. The predicted octanol–water partition coefficient (Wildman–Crippen LogP) is 2.32. The van der Waals surface area contributed by atoms with Crippen LogP contribution >= 0.6 is 0 Å². The number of ether oxygens (including phenoxy) is 2. The van der Waals surface area contributed by atoms with E-state index in [1.54, 1.807) is 42.5 Å². The van der Waals surface area contributed by atoms with Crippen LogP contribution in [0.1, 0.15) is 18.1 Å². The molecule has 2 aromatic rings. The molecule has 1 fully saturated rings. The number of barbiturate groups is 1. The molecule has 2 aromatic carbocycles. The molecular weight excluding hydrogens is 402 g/mol. The van der Waals surface area contributed by atoms with Gasteiger partial charge in [0.1, 0.15) is 23.7 Å². The maximum atomic E-state index is 12.3. The molecule has 0 aliphatic carbocycles. The number of urea groups is 1. The molecule has 1 aliphatic heterocycles. The summed E-state index contributed by atoms with van der Waals surface area (Å²) >= 11 is 0. The Bertz CT molecular complexity index is 1080. The average molecular weight is 423 g/mol. The summed E-state index contributed by atoms with van der Waals surface area (Å²) in [5, 5.41) is 4.79. The molecule has 0 aromatic heterocycles. The molecule has 1 aliphatic rings. The Labute approximate surface area is 178 Å². The van der Waals surface area contributed by atoms with E-state index in [9.17, 15) is 19.2 Å². The molecule has 2 N–H and O–H groups in total. The number of carbonyl (C=O) groups excluding carboxylic acids is 4. The van der Waals surface area contributed by atoms with E-state index in [1.165, 1.54) is 27.2 Å². The van der Waals surface area contributed by atoms with E-state index < -0.39 is 17.8 Å². The molecule has 160 valence electrons. The van der Waals surface area contributed by atoms with Gasteiger partial charge >= 0.3 is 6.03 Å². The number of rotatable bonds is 6. The van der Waals surface area contributed by atoms with E-state index in [4.69, 9.17) is 9.47 Å². The van der Waals surface area contributed by atoms with Gasteiger partial charge in [0.15, 0.2) is 0 Å². The zero-order valence-corrected chi connectivity index (χ0v) is 17.2. The number of benzene rings is 2. The van der Waals surface area contributed by atoms with Crippen molar-refractivity contribution in [2.45, 2.75) is 13.5 Å². The first-order chi connectivity index (χ1) is 14.8. The maximum absolute atomic E-state index is 12.3. The standard InChI is InChI=1S/C22H21N3O6/c1-13(26)23-16-5-7-17(8-6-16)31-12-15-10-14(4-9-19(15)30-3)11-18-20(27)24-22(29)25(2)21(18)28/h4-11H,12H2,1-3H3,(H,23,26)(H,24,27,29)/b18-11-. The highest BCUT2D eigenvalue weighted by molar-refractivity contribution is 6.30. The van der Waals surface area contributed by atoms with Gasteiger partial charge in [-0.05, 0) is 48.0 Å². The molecule has 1 saturated heterocycles. The third-order valence-electron chi connectivity index (χ3n) is 4.49. The molecule has 0 spiro atoms. The first kappa shape index (κ1) is 21.6. The van der Waals surface area contributed by atoms with E-state index >= 15 is 0 Å². The predicted molar refractivity (Wildman–Crippen MR) is 112 cm³/mol. The number of likely N-dealkylation sites (N-methyl/N-ethyl adjacent to an activating group) is 1. The van der Waals surface area contributed by atoms with Crippen molar-refractivity contribution in [1.82, 2.24) is 10.2 Å². The Morgan fingerprint density at radius 3 is 2.48 bits per heavy atom. The van der Waals surface area contributed by atoms with Crippen molar-refractivity contribution in [1.29, 1.82) is 0 Å². The lowest BCUT2D eigenvalue weighted by Crippen LogP contribution is -2.52. The highest BCUT2D eigenvalue weighted by atomic mass is 16.5. The van der Waals surface area contributed by atoms with Gasteiger partial charge in [-0.25, -0.2) is 4.79 Å². The van der Waals surface area contributed by atoms with E-state index in [-0.39, 0.29) is 18.1 Å². The third-order valence-corrected chi connectivity index (χ3v) is 4.49. The highest BCUT2D eigenvalue weighted by Crippen LogP contribution is 2.25. The number of methoxy groups -OCH3 is 1. The molecule has 0 saturated carbocycles. The first-order valence-corrected chi connectivity index (χ1v) is 9.31. The Morgan fingerprint density at radius 2 is 1.84 bits per heavy atom. The van der Waals surface area contributed by atoms with Crippen molar-refractivity contribution in [2.75, 3.05) is 19.5 Å². The first-order valence-electron chi connectivity index (χ1n) is 9.31. The van der Waals surface area contributed by atoms with Crippen molar-refractivity contribution in [3.05, 3.63) is 59.2 Å². The summed E-state index contributed by atoms with van der Waals surface area (Å²) < 4.78 is 11.2. The largest absolute Gasteiger partial charge is 0.496 e. The van der Waals surface area contributed by atoms with Gasteiger partial charge in [-0.2, -0.15) is 0 Å². The van der Waals surface area contributed by atoms with Crippen LogP contribution in [-0.2, 0) is 21.0 Å². The Morgan fingerprint density at radius 1 is 1.13 bits per heavy atom. The zero-order chi connectivity index (χ0) is 22.5. The lowest BCUT2D eigenvalue weighted by molar-refractivity contribution is -0.129. The van der Waals surface area contributed by atoms with Crippen molar-refractivity contribution in [3.63, 3.8) is 0 Å². The maximum Gasteiger partial charge on any atom is 0.331 e. The van der Waals surface area contributed by atoms with Gasteiger partial charge in [-0.15, -0.1) is 0 Å². The summed E-state index contributed by atoms with van der Waals surface area (Å²) in [6, 6.07) is 11.2. The average Bonchev–Trinajstić information content (AvgIpc) is 2.74. The number of imide groups is 2. The Kier molecular flexibility index (Phi) is 6.35. The van der Waals surface area contributed by atoms with Crippen molar-refractivity contribution < 1.29 is 28.7 Å². The van der Waals surface area contributed by atoms with Gasteiger partial charge in [0.2, 0.25) is 5.91 Å².